The van der Waals surface area contributed by atoms with E-state index in [2.05, 4.69) is 16.0 Å². The molecule has 0 radical (unpaired) electrons. The minimum Gasteiger partial charge on any atom is -0.497 e. The fourth-order valence-electron chi connectivity index (χ4n) is 3.36. The Morgan fingerprint density at radius 2 is 1.96 bits per heavy atom. The third kappa shape index (κ3) is 3.68. The third-order valence-corrected chi connectivity index (χ3v) is 4.44. The minimum atomic E-state index is -0.326. The summed E-state index contributed by atoms with van der Waals surface area (Å²) in [5, 5.41) is 10.2. The summed E-state index contributed by atoms with van der Waals surface area (Å²) >= 11 is 0. The first-order chi connectivity index (χ1) is 11.6. The number of hydrogen-bond donors (Lipinski definition) is 1. The standard InChI is InChI=1S/C19H24N2O3/c1-13-7-18(24-3)9-15(20-13)11-21-12-16(22)10-19(21)14-5-4-6-17(8-14)23-2/h4-9,16,19,22H,10-12H2,1-3H3/t16-,19-/m1/s1. The van der Waals surface area contributed by atoms with E-state index < -0.39 is 0 Å². The topological polar surface area (TPSA) is 54.8 Å². The lowest BCUT2D eigenvalue weighted by molar-refractivity contribution is 0.172. The number of aliphatic hydroxyl groups is 1. The number of aliphatic hydroxyl groups excluding tert-OH is 1. The number of rotatable bonds is 5. The average molecular weight is 328 g/mol. The third-order valence-electron chi connectivity index (χ3n) is 4.44. The Kier molecular flexibility index (Phi) is 5.02. The van der Waals surface area contributed by atoms with Crippen molar-refractivity contribution in [3.8, 4) is 11.5 Å². The number of pyridine rings is 1. The van der Waals surface area contributed by atoms with Crippen molar-refractivity contribution in [3.05, 3.63) is 53.3 Å². The molecule has 1 N–H and O–H groups in total. The van der Waals surface area contributed by atoms with Crippen molar-refractivity contribution >= 4 is 0 Å². The molecule has 2 heterocycles. The van der Waals surface area contributed by atoms with Gasteiger partial charge in [0.2, 0.25) is 0 Å². The molecule has 1 aromatic carbocycles. The molecule has 1 aliphatic heterocycles. The highest BCUT2D eigenvalue weighted by molar-refractivity contribution is 5.32. The van der Waals surface area contributed by atoms with Crippen LogP contribution in [0.5, 0.6) is 11.5 Å². The number of ether oxygens (including phenoxy) is 2. The van der Waals surface area contributed by atoms with Gasteiger partial charge in [-0.15, -0.1) is 0 Å². The van der Waals surface area contributed by atoms with Crippen molar-refractivity contribution in [2.24, 2.45) is 0 Å². The Morgan fingerprint density at radius 3 is 2.71 bits per heavy atom. The number of nitrogens with zero attached hydrogens (tertiary/aromatic N) is 2. The Bertz CT molecular complexity index is 705. The zero-order valence-electron chi connectivity index (χ0n) is 14.4. The summed E-state index contributed by atoms with van der Waals surface area (Å²) in [5.74, 6) is 1.65. The second-order valence-corrected chi connectivity index (χ2v) is 6.25. The lowest BCUT2D eigenvalue weighted by Gasteiger charge is -2.24. The van der Waals surface area contributed by atoms with Gasteiger partial charge in [-0.2, -0.15) is 0 Å². The largest absolute Gasteiger partial charge is 0.497 e. The van der Waals surface area contributed by atoms with Gasteiger partial charge in [0, 0.05) is 37.0 Å². The molecular weight excluding hydrogens is 304 g/mol. The fraction of sp³-hybridized carbons (Fsp3) is 0.421. The van der Waals surface area contributed by atoms with Crippen molar-refractivity contribution in [3.63, 3.8) is 0 Å². The quantitative estimate of drug-likeness (QED) is 0.914. The van der Waals surface area contributed by atoms with Crippen LogP contribution < -0.4 is 9.47 Å². The van der Waals surface area contributed by atoms with Crippen molar-refractivity contribution < 1.29 is 14.6 Å². The molecule has 128 valence electrons. The van der Waals surface area contributed by atoms with Crippen LogP contribution in [0.3, 0.4) is 0 Å². The summed E-state index contributed by atoms with van der Waals surface area (Å²) in [6, 6.07) is 12.1. The van der Waals surface area contributed by atoms with Crippen LogP contribution >= 0.6 is 0 Å². The maximum Gasteiger partial charge on any atom is 0.122 e. The molecule has 0 unspecified atom stereocenters. The van der Waals surface area contributed by atoms with E-state index in [0.29, 0.717) is 13.1 Å². The van der Waals surface area contributed by atoms with Crippen molar-refractivity contribution in [2.45, 2.75) is 32.0 Å². The highest BCUT2D eigenvalue weighted by Gasteiger charge is 2.32. The van der Waals surface area contributed by atoms with E-state index in [1.807, 2.05) is 37.3 Å². The molecule has 24 heavy (non-hydrogen) atoms. The molecule has 1 fully saturated rings. The summed E-state index contributed by atoms with van der Waals surface area (Å²) < 4.78 is 10.7. The Hall–Kier alpha value is -2.11. The predicted octanol–water partition coefficient (Wildman–Crippen LogP) is 2.72. The first kappa shape index (κ1) is 16.7. The minimum absolute atomic E-state index is 0.156. The number of likely N-dealkylation sites (tertiary alicyclic amines) is 1. The predicted molar refractivity (Wildman–Crippen MR) is 92.3 cm³/mol. The molecule has 5 nitrogen and oxygen atoms in total. The molecule has 0 spiro atoms. The van der Waals surface area contributed by atoms with Gasteiger partial charge in [0.25, 0.3) is 0 Å². The van der Waals surface area contributed by atoms with Crippen molar-refractivity contribution in [1.29, 1.82) is 0 Å². The van der Waals surface area contributed by atoms with E-state index in [9.17, 15) is 5.11 Å². The van der Waals surface area contributed by atoms with Crippen LogP contribution in [0.1, 0.15) is 29.4 Å². The molecular formula is C19H24N2O3. The molecule has 1 aliphatic rings. The highest BCUT2D eigenvalue weighted by Crippen LogP contribution is 2.34. The maximum atomic E-state index is 10.2. The van der Waals surface area contributed by atoms with E-state index in [1.165, 1.54) is 0 Å². The Labute approximate surface area is 142 Å². The number of benzene rings is 1. The van der Waals surface area contributed by atoms with Crippen LogP contribution in [0, 0.1) is 6.92 Å². The fourth-order valence-corrected chi connectivity index (χ4v) is 3.36. The van der Waals surface area contributed by atoms with Crippen molar-refractivity contribution in [2.75, 3.05) is 20.8 Å². The summed E-state index contributed by atoms with van der Waals surface area (Å²) in [5.41, 5.74) is 3.04. The normalized spacial score (nSPS) is 21.0. The van der Waals surface area contributed by atoms with Crippen LogP contribution in [0.15, 0.2) is 36.4 Å². The van der Waals surface area contributed by atoms with E-state index in [0.717, 1.165) is 34.9 Å². The van der Waals surface area contributed by atoms with Gasteiger partial charge in [-0.25, -0.2) is 0 Å². The Balaban J connectivity index is 1.84. The van der Waals surface area contributed by atoms with E-state index in [1.54, 1.807) is 14.2 Å². The molecule has 0 amide bonds. The molecule has 0 bridgehead atoms. The number of β-amino-alcohol motifs (C(OH)–C–C–N with tert-alkyl or cyclic N) is 1. The van der Waals surface area contributed by atoms with E-state index >= 15 is 0 Å². The van der Waals surface area contributed by atoms with Crippen LogP contribution in [-0.2, 0) is 6.54 Å². The second kappa shape index (κ2) is 7.20. The van der Waals surface area contributed by atoms with Crippen LogP contribution in [-0.4, -0.2) is 41.9 Å². The van der Waals surface area contributed by atoms with Gasteiger partial charge < -0.3 is 14.6 Å². The molecule has 0 saturated carbocycles. The first-order valence-corrected chi connectivity index (χ1v) is 8.16. The summed E-state index contributed by atoms with van der Waals surface area (Å²) in [6.07, 6.45) is 0.392. The second-order valence-electron chi connectivity index (χ2n) is 6.25. The molecule has 2 aromatic rings. The number of aryl methyl sites for hydroxylation is 1. The summed E-state index contributed by atoms with van der Waals surface area (Å²) in [6.45, 7) is 3.28. The van der Waals surface area contributed by atoms with Gasteiger partial charge in [-0.05, 0) is 31.0 Å². The molecule has 1 saturated heterocycles. The summed E-state index contributed by atoms with van der Waals surface area (Å²) in [4.78, 5) is 6.87. The van der Waals surface area contributed by atoms with E-state index in [4.69, 9.17) is 9.47 Å². The maximum absolute atomic E-state index is 10.2. The Morgan fingerprint density at radius 1 is 1.17 bits per heavy atom. The molecule has 2 atom stereocenters. The monoisotopic (exact) mass is 328 g/mol. The molecule has 3 rings (SSSR count). The van der Waals surface area contributed by atoms with Crippen LogP contribution in [0.25, 0.3) is 0 Å². The lowest BCUT2D eigenvalue weighted by Crippen LogP contribution is -2.25. The smallest absolute Gasteiger partial charge is 0.122 e. The zero-order valence-corrected chi connectivity index (χ0v) is 14.4. The van der Waals surface area contributed by atoms with Gasteiger partial charge in [-0.1, -0.05) is 12.1 Å². The number of aromatic nitrogens is 1. The zero-order chi connectivity index (χ0) is 17.1. The van der Waals surface area contributed by atoms with E-state index in [-0.39, 0.29) is 12.1 Å². The number of methoxy groups -OCH3 is 2. The number of hydrogen-bond acceptors (Lipinski definition) is 5. The average Bonchev–Trinajstić information content (AvgIpc) is 2.94. The summed E-state index contributed by atoms with van der Waals surface area (Å²) in [7, 11) is 3.33. The van der Waals surface area contributed by atoms with Gasteiger partial charge in [0.15, 0.2) is 0 Å². The molecule has 5 heteroatoms. The van der Waals surface area contributed by atoms with Gasteiger partial charge in [-0.3, -0.25) is 9.88 Å². The SMILES string of the molecule is COc1cccc([C@H]2C[C@@H](O)CN2Cc2cc(OC)cc(C)n2)c1. The van der Waals surface area contributed by atoms with Crippen molar-refractivity contribution in [1.82, 2.24) is 9.88 Å². The molecule has 0 aliphatic carbocycles. The van der Waals surface area contributed by atoms with Crippen LogP contribution in [0.4, 0.5) is 0 Å². The van der Waals surface area contributed by atoms with Crippen LogP contribution in [0.2, 0.25) is 0 Å². The first-order valence-electron chi connectivity index (χ1n) is 8.16. The lowest BCUT2D eigenvalue weighted by atomic mass is 10.0. The van der Waals surface area contributed by atoms with Gasteiger partial charge in [0.1, 0.15) is 11.5 Å². The van der Waals surface area contributed by atoms with Gasteiger partial charge >= 0.3 is 0 Å². The van der Waals surface area contributed by atoms with Gasteiger partial charge in [0.05, 0.1) is 26.0 Å². The highest BCUT2D eigenvalue weighted by atomic mass is 16.5. The molecule has 1 aromatic heterocycles.